The van der Waals surface area contributed by atoms with Crippen molar-refractivity contribution in [2.24, 2.45) is 5.92 Å². The van der Waals surface area contributed by atoms with Crippen LogP contribution < -0.4 is 4.74 Å². The van der Waals surface area contributed by atoms with E-state index in [9.17, 15) is 18.0 Å². The fourth-order valence-corrected chi connectivity index (χ4v) is 2.81. The molecular weight excluding hydrogens is 319 g/mol. The third-order valence-electron chi connectivity index (χ3n) is 3.85. The van der Waals surface area contributed by atoms with Gasteiger partial charge in [0.05, 0.1) is 18.1 Å². The first-order chi connectivity index (χ1) is 10.3. The van der Waals surface area contributed by atoms with Gasteiger partial charge in [-0.2, -0.15) is 13.2 Å². The van der Waals surface area contributed by atoms with Gasteiger partial charge in [-0.05, 0) is 30.5 Å². The molecule has 1 saturated heterocycles. The number of amides is 1. The number of rotatable bonds is 4. The van der Waals surface area contributed by atoms with Crippen LogP contribution >= 0.6 is 11.6 Å². The number of methoxy groups -OCH3 is 1. The molecule has 1 aromatic rings. The number of hydrogen-bond acceptors (Lipinski definition) is 2. The summed E-state index contributed by atoms with van der Waals surface area (Å²) in [7, 11) is 1.51. The summed E-state index contributed by atoms with van der Waals surface area (Å²) in [5, 5.41) is 0.450. The highest BCUT2D eigenvalue weighted by atomic mass is 35.5. The van der Waals surface area contributed by atoms with Gasteiger partial charge in [-0.1, -0.05) is 17.7 Å². The topological polar surface area (TPSA) is 29.5 Å². The molecule has 0 aliphatic carbocycles. The van der Waals surface area contributed by atoms with Crippen LogP contribution in [0.5, 0.6) is 5.75 Å². The molecular formula is C15H17ClF3NO2. The van der Waals surface area contributed by atoms with Crippen molar-refractivity contribution in [3.8, 4) is 5.75 Å². The molecule has 1 fully saturated rings. The smallest absolute Gasteiger partial charge is 0.393 e. The zero-order chi connectivity index (χ0) is 16.3. The molecule has 7 heteroatoms. The second-order valence-corrected chi connectivity index (χ2v) is 5.74. The molecule has 122 valence electrons. The van der Waals surface area contributed by atoms with Gasteiger partial charge >= 0.3 is 6.18 Å². The summed E-state index contributed by atoms with van der Waals surface area (Å²) in [4.78, 5) is 13.3. The van der Waals surface area contributed by atoms with E-state index in [4.69, 9.17) is 16.3 Å². The molecule has 0 aromatic heterocycles. The molecule has 1 heterocycles. The van der Waals surface area contributed by atoms with E-state index < -0.39 is 12.1 Å². The van der Waals surface area contributed by atoms with E-state index in [1.807, 2.05) is 0 Å². The zero-order valence-electron chi connectivity index (χ0n) is 12.1. The van der Waals surface area contributed by atoms with Crippen molar-refractivity contribution in [3.63, 3.8) is 0 Å². The first kappa shape index (κ1) is 16.9. The number of carbonyl (C=O) groups is 1. The Kier molecular flexibility index (Phi) is 5.21. The summed E-state index contributed by atoms with van der Waals surface area (Å²) in [6.07, 6.45) is -3.62. The lowest BCUT2D eigenvalue weighted by Gasteiger charge is -2.18. The van der Waals surface area contributed by atoms with Crippen molar-refractivity contribution in [2.75, 3.05) is 20.2 Å². The predicted molar refractivity (Wildman–Crippen MR) is 77.1 cm³/mol. The van der Waals surface area contributed by atoms with Gasteiger partial charge in [0.15, 0.2) is 0 Å². The predicted octanol–water partition coefficient (Wildman–Crippen LogP) is 3.69. The monoisotopic (exact) mass is 335 g/mol. The summed E-state index contributed by atoms with van der Waals surface area (Å²) in [6, 6.07) is 5.20. The molecule has 1 atom stereocenters. The molecule has 22 heavy (non-hydrogen) atoms. The fourth-order valence-electron chi connectivity index (χ4n) is 2.53. The van der Waals surface area contributed by atoms with Gasteiger partial charge in [0, 0.05) is 19.5 Å². The van der Waals surface area contributed by atoms with E-state index in [1.165, 1.54) is 12.0 Å². The average molecular weight is 336 g/mol. The summed E-state index contributed by atoms with van der Waals surface area (Å²) >= 11 is 6.00. The molecule has 2 rings (SSSR count). The van der Waals surface area contributed by atoms with Crippen LogP contribution in [0, 0.1) is 5.92 Å². The quantitative estimate of drug-likeness (QED) is 0.840. The molecule has 3 nitrogen and oxygen atoms in total. The van der Waals surface area contributed by atoms with Gasteiger partial charge < -0.3 is 9.64 Å². The SMILES string of the molecule is COc1ccc(CCC(=O)N2CC[C@@H](C(F)(F)F)C2)cc1Cl. The van der Waals surface area contributed by atoms with Crippen molar-refractivity contribution in [3.05, 3.63) is 28.8 Å². The molecule has 1 aliphatic heterocycles. The fraction of sp³-hybridized carbons (Fsp3) is 0.533. The lowest BCUT2D eigenvalue weighted by molar-refractivity contribution is -0.171. The highest BCUT2D eigenvalue weighted by molar-refractivity contribution is 6.32. The molecule has 0 spiro atoms. The van der Waals surface area contributed by atoms with Gasteiger partial charge in [0.2, 0.25) is 5.91 Å². The Morgan fingerprint density at radius 3 is 2.73 bits per heavy atom. The highest BCUT2D eigenvalue weighted by Gasteiger charge is 2.44. The van der Waals surface area contributed by atoms with E-state index in [0.29, 0.717) is 17.2 Å². The maximum absolute atomic E-state index is 12.6. The largest absolute Gasteiger partial charge is 0.495 e. The molecule has 0 saturated carbocycles. The number of halogens is 4. The zero-order valence-corrected chi connectivity index (χ0v) is 12.9. The number of aryl methyl sites for hydroxylation is 1. The molecule has 1 amide bonds. The maximum atomic E-state index is 12.6. The molecule has 1 aromatic carbocycles. The van der Waals surface area contributed by atoms with Crippen LogP contribution in [0.3, 0.4) is 0 Å². The van der Waals surface area contributed by atoms with Crippen molar-refractivity contribution < 1.29 is 22.7 Å². The van der Waals surface area contributed by atoms with Crippen molar-refractivity contribution >= 4 is 17.5 Å². The van der Waals surface area contributed by atoms with Crippen LogP contribution in [0.15, 0.2) is 18.2 Å². The second kappa shape index (κ2) is 6.77. The van der Waals surface area contributed by atoms with Crippen LogP contribution in [0.25, 0.3) is 0 Å². The standard InChI is InChI=1S/C15H17ClF3NO2/c1-22-13-4-2-10(8-12(13)16)3-5-14(21)20-7-6-11(9-20)15(17,18)19/h2,4,8,11H,3,5-7,9H2,1H3/t11-/m1/s1. The minimum absolute atomic E-state index is 0.0103. The van der Waals surface area contributed by atoms with Crippen LogP contribution in [0.2, 0.25) is 5.02 Å². The minimum atomic E-state index is -4.22. The van der Waals surface area contributed by atoms with Crippen LogP contribution in [-0.2, 0) is 11.2 Å². The summed E-state index contributed by atoms with van der Waals surface area (Å²) in [6.45, 7) is -0.0575. The van der Waals surface area contributed by atoms with Crippen molar-refractivity contribution in [1.29, 1.82) is 0 Å². The van der Waals surface area contributed by atoms with Gasteiger partial charge in [0.25, 0.3) is 0 Å². The first-order valence-electron chi connectivity index (χ1n) is 6.98. The Morgan fingerprint density at radius 2 is 2.18 bits per heavy atom. The first-order valence-corrected chi connectivity index (χ1v) is 7.36. The Labute approximate surface area is 132 Å². The normalized spacial score (nSPS) is 18.6. The molecule has 0 bridgehead atoms. The van der Waals surface area contributed by atoms with Crippen LogP contribution in [-0.4, -0.2) is 37.2 Å². The third kappa shape index (κ3) is 4.06. The van der Waals surface area contributed by atoms with E-state index in [-0.39, 0.29) is 31.8 Å². The Balaban J connectivity index is 1.87. The third-order valence-corrected chi connectivity index (χ3v) is 4.14. The maximum Gasteiger partial charge on any atom is 0.393 e. The summed E-state index contributed by atoms with van der Waals surface area (Å²) < 4.78 is 42.8. The van der Waals surface area contributed by atoms with Crippen LogP contribution in [0.1, 0.15) is 18.4 Å². The summed E-state index contributed by atoms with van der Waals surface area (Å²) in [5.74, 6) is -1.10. The number of carbonyl (C=O) groups excluding carboxylic acids is 1. The Hall–Kier alpha value is -1.43. The van der Waals surface area contributed by atoms with Gasteiger partial charge in [-0.25, -0.2) is 0 Å². The Morgan fingerprint density at radius 1 is 1.45 bits per heavy atom. The van der Waals surface area contributed by atoms with Crippen molar-refractivity contribution in [2.45, 2.75) is 25.4 Å². The van der Waals surface area contributed by atoms with E-state index in [0.717, 1.165) is 5.56 Å². The molecule has 0 unspecified atom stereocenters. The van der Waals surface area contributed by atoms with Gasteiger partial charge in [-0.3, -0.25) is 4.79 Å². The van der Waals surface area contributed by atoms with E-state index >= 15 is 0 Å². The molecule has 0 radical (unpaired) electrons. The average Bonchev–Trinajstić information content (AvgIpc) is 2.95. The Bertz CT molecular complexity index is 548. The van der Waals surface area contributed by atoms with Gasteiger partial charge in [-0.15, -0.1) is 0 Å². The molecule has 1 aliphatic rings. The number of alkyl halides is 3. The lowest BCUT2D eigenvalue weighted by Crippen LogP contribution is -2.32. The number of likely N-dealkylation sites (tertiary alicyclic amines) is 1. The summed E-state index contributed by atoms with van der Waals surface area (Å²) in [5.41, 5.74) is 0.853. The minimum Gasteiger partial charge on any atom is -0.495 e. The number of ether oxygens (including phenoxy) is 1. The van der Waals surface area contributed by atoms with E-state index in [2.05, 4.69) is 0 Å². The van der Waals surface area contributed by atoms with Crippen molar-refractivity contribution in [1.82, 2.24) is 4.90 Å². The second-order valence-electron chi connectivity index (χ2n) is 5.34. The number of hydrogen-bond donors (Lipinski definition) is 0. The van der Waals surface area contributed by atoms with Crippen LogP contribution in [0.4, 0.5) is 13.2 Å². The number of nitrogens with zero attached hydrogens (tertiary/aromatic N) is 1. The molecule has 0 N–H and O–H groups in total. The van der Waals surface area contributed by atoms with E-state index in [1.54, 1.807) is 18.2 Å². The highest BCUT2D eigenvalue weighted by Crippen LogP contribution is 2.33. The lowest BCUT2D eigenvalue weighted by atomic mass is 10.1. The number of benzene rings is 1. The van der Waals surface area contributed by atoms with Gasteiger partial charge in [0.1, 0.15) is 5.75 Å².